The standard InChI is InChI=1S/C25H28ClN3O5/c1-5-15(3)34-23-18(26)11-16(13-21(23)33-4)12-20-24(31)29(25(32)28-20)14-22(30)27-19-10-8-7-9-17(19)6-2/h7-13,15H,5-6,14H2,1-4H3,(H,27,30)(H,28,32)/b20-12+/t15-/m0/s1. The van der Waals surface area contributed by atoms with Gasteiger partial charge in [-0.15, -0.1) is 0 Å². The molecule has 0 radical (unpaired) electrons. The minimum absolute atomic E-state index is 0.0282. The van der Waals surface area contributed by atoms with Gasteiger partial charge in [-0.25, -0.2) is 9.69 Å². The molecule has 0 saturated carbocycles. The molecule has 1 aliphatic heterocycles. The molecule has 3 rings (SSSR count). The van der Waals surface area contributed by atoms with Gasteiger partial charge in [0.2, 0.25) is 5.91 Å². The molecule has 0 unspecified atom stereocenters. The van der Waals surface area contributed by atoms with Crippen molar-refractivity contribution in [2.45, 2.75) is 39.7 Å². The molecule has 1 aliphatic rings. The third-order valence-corrected chi connectivity index (χ3v) is 5.67. The smallest absolute Gasteiger partial charge is 0.329 e. The number of methoxy groups -OCH3 is 1. The van der Waals surface area contributed by atoms with Crippen LogP contribution in [0, 0.1) is 0 Å². The van der Waals surface area contributed by atoms with Gasteiger partial charge in [-0.1, -0.05) is 43.6 Å². The molecule has 0 aromatic heterocycles. The summed E-state index contributed by atoms with van der Waals surface area (Å²) in [5.74, 6) is -0.267. The van der Waals surface area contributed by atoms with Crippen molar-refractivity contribution in [3.05, 3.63) is 58.2 Å². The van der Waals surface area contributed by atoms with Crippen LogP contribution in [0.1, 0.15) is 38.3 Å². The topological polar surface area (TPSA) is 97.0 Å². The second-order valence-corrected chi connectivity index (χ2v) is 8.22. The highest BCUT2D eigenvalue weighted by atomic mass is 35.5. The van der Waals surface area contributed by atoms with Gasteiger partial charge in [-0.2, -0.15) is 0 Å². The summed E-state index contributed by atoms with van der Waals surface area (Å²) in [5, 5.41) is 5.59. The quantitative estimate of drug-likeness (QED) is 0.399. The third-order valence-electron chi connectivity index (χ3n) is 5.39. The molecule has 1 heterocycles. The van der Waals surface area contributed by atoms with Gasteiger partial charge < -0.3 is 20.1 Å². The summed E-state index contributed by atoms with van der Waals surface area (Å²) in [5.41, 5.74) is 2.17. The van der Waals surface area contributed by atoms with Crippen molar-refractivity contribution in [1.82, 2.24) is 10.2 Å². The molecule has 1 atom stereocenters. The van der Waals surface area contributed by atoms with Crippen LogP contribution < -0.4 is 20.1 Å². The van der Waals surface area contributed by atoms with Crippen LogP contribution in [0.2, 0.25) is 5.02 Å². The van der Waals surface area contributed by atoms with E-state index in [0.717, 1.165) is 23.3 Å². The first kappa shape index (κ1) is 25.1. The second-order valence-electron chi connectivity index (χ2n) is 7.81. The monoisotopic (exact) mass is 485 g/mol. The van der Waals surface area contributed by atoms with E-state index >= 15 is 0 Å². The van der Waals surface area contributed by atoms with Gasteiger partial charge in [0.1, 0.15) is 12.2 Å². The number of ether oxygens (including phenoxy) is 2. The number of nitrogens with zero attached hydrogens (tertiary/aromatic N) is 1. The Labute approximate surface area is 203 Å². The molecule has 9 heteroatoms. The van der Waals surface area contributed by atoms with Crippen LogP contribution >= 0.6 is 11.6 Å². The normalized spacial score (nSPS) is 15.3. The lowest BCUT2D eigenvalue weighted by atomic mass is 10.1. The Bertz CT molecular complexity index is 1130. The highest BCUT2D eigenvalue weighted by molar-refractivity contribution is 6.32. The van der Waals surface area contributed by atoms with E-state index in [-0.39, 0.29) is 11.8 Å². The summed E-state index contributed by atoms with van der Waals surface area (Å²) in [6, 6.07) is 9.97. The Hall–Kier alpha value is -3.52. The maximum Gasteiger partial charge on any atom is 0.329 e. The molecule has 2 aromatic rings. The number of nitrogens with one attached hydrogen (secondary N) is 2. The summed E-state index contributed by atoms with van der Waals surface area (Å²) in [6.07, 6.45) is 2.94. The number of rotatable bonds is 9. The lowest BCUT2D eigenvalue weighted by Crippen LogP contribution is -2.38. The zero-order valence-corrected chi connectivity index (χ0v) is 20.4. The fraction of sp³-hybridized carbons (Fsp3) is 0.320. The second kappa shape index (κ2) is 11.1. The van der Waals surface area contributed by atoms with Gasteiger partial charge in [0.25, 0.3) is 5.91 Å². The molecule has 34 heavy (non-hydrogen) atoms. The van der Waals surface area contributed by atoms with Gasteiger partial charge in [-0.05, 0) is 55.2 Å². The first-order valence-electron chi connectivity index (χ1n) is 11.0. The summed E-state index contributed by atoms with van der Waals surface area (Å²) < 4.78 is 11.2. The minimum atomic E-state index is -0.676. The van der Waals surface area contributed by atoms with Crippen molar-refractivity contribution in [2.75, 3.05) is 19.0 Å². The number of urea groups is 1. The largest absolute Gasteiger partial charge is 0.493 e. The maximum absolute atomic E-state index is 12.8. The van der Waals surface area contributed by atoms with Crippen LogP contribution in [0.5, 0.6) is 11.5 Å². The van der Waals surface area contributed by atoms with E-state index in [2.05, 4.69) is 10.6 Å². The average Bonchev–Trinajstić information content (AvgIpc) is 3.07. The molecule has 2 N–H and O–H groups in total. The SMILES string of the molecule is CCc1ccccc1NC(=O)CN1C(=O)N/C(=C/c2cc(Cl)c(O[C@@H](C)CC)c(OC)c2)C1=O. The number of carbonyl (C=O) groups excluding carboxylic acids is 3. The van der Waals surface area contributed by atoms with E-state index in [1.807, 2.05) is 39.0 Å². The van der Waals surface area contributed by atoms with Crippen LogP contribution in [0.3, 0.4) is 0 Å². The lowest BCUT2D eigenvalue weighted by molar-refractivity contribution is -0.127. The number of para-hydroxylation sites is 1. The molecule has 1 fully saturated rings. The van der Waals surface area contributed by atoms with E-state index < -0.39 is 24.4 Å². The van der Waals surface area contributed by atoms with E-state index in [4.69, 9.17) is 21.1 Å². The highest BCUT2D eigenvalue weighted by Gasteiger charge is 2.35. The average molecular weight is 486 g/mol. The Morgan fingerprint density at radius 2 is 1.97 bits per heavy atom. The van der Waals surface area contributed by atoms with Crippen LogP contribution in [0.25, 0.3) is 6.08 Å². The summed E-state index contributed by atoms with van der Waals surface area (Å²) in [6.45, 7) is 5.48. The van der Waals surface area contributed by atoms with Crippen LogP contribution in [0.4, 0.5) is 10.5 Å². The van der Waals surface area contributed by atoms with Crippen molar-refractivity contribution in [3.8, 4) is 11.5 Å². The van der Waals surface area contributed by atoms with Crippen molar-refractivity contribution in [2.24, 2.45) is 0 Å². The number of benzene rings is 2. The number of aryl methyl sites for hydroxylation is 1. The Morgan fingerprint density at radius 3 is 2.65 bits per heavy atom. The van der Waals surface area contributed by atoms with Gasteiger partial charge in [0.05, 0.1) is 18.2 Å². The summed E-state index contributed by atoms with van der Waals surface area (Å²) in [4.78, 5) is 38.6. The fourth-order valence-corrected chi connectivity index (χ4v) is 3.65. The van der Waals surface area contributed by atoms with Crippen molar-refractivity contribution in [3.63, 3.8) is 0 Å². The molecule has 2 aromatic carbocycles. The maximum atomic E-state index is 12.8. The van der Waals surface area contributed by atoms with Gasteiger partial charge in [0.15, 0.2) is 11.5 Å². The zero-order chi connectivity index (χ0) is 24.8. The number of anilines is 1. The van der Waals surface area contributed by atoms with Gasteiger partial charge >= 0.3 is 6.03 Å². The Morgan fingerprint density at radius 1 is 1.24 bits per heavy atom. The van der Waals surface area contributed by atoms with E-state index in [1.165, 1.54) is 13.2 Å². The molecule has 8 nitrogen and oxygen atoms in total. The first-order chi connectivity index (χ1) is 16.3. The van der Waals surface area contributed by atoms with E-state index in [9.17, 15) is 14.4 Å². The highest BCUT2D eigenvalue weighted by Crippen LogP contribution is 2.38. The molecule has 180 valence electrons. The van der Waals surface area contributed by atoms with Crippen molar-refractivity contribution >= 4 is 41.2 Å². The molecule has 0 spiro atoms. The molecule has 4 amide bonds. The predicted octanol–water partition coefficient (Wildman–Crippen LogP) is 4.62. The first-order valence-corrected chi connectivity index (χ1v) is 11.4. The number of hydrogen-bond donors (Lipinski definition) is 2. The summed E-state index contributed by atoms with van der Waals surface area (Å²) in [7, 11) is 1.49. The van der Waals surface area contributed by atoms with Crippen LogP contribution in [-0.2, 0) is 16.0 Å². The lowest BCUT2D eigenvalue weighted by Gasteiger charge is -2.17. The number of amides is 4. The predicted molar refractivity (Wildman–Crippen MR) is 131 cm³/mol. The van der Waals surface area contributed by atoms with Crippen molar-refractivity contribution in [1.29, 1.82) is 0 Å². The third kappa shape index (κ3) is 5.69. The molecule has 1 saturated heterocycles. The molecular weight excluding hydrogens is 458 g/mol. The molecule has 0 bridgehead atoms. The van der Waals surface area contributed by atoms with Gasteiger partial charge in [-0.3, -0.25) is 9.59 Å². The van der Waals surface area contributed by atoms with Crippen LogP contribution in [0.15, 0.2) is 42.1 Å². The number of carbonyl (C=O) groups is 3. The van der Waals surface area contributed by atoms with Crippen molar-refractivity contribution < 1.29 is 23.9 Å². The number of halogens is 1. The number of hydrogen-bond acceptors (Lipinski definition) is 5. The molecular formula is C25H28ClN3O5. The number of imide groups is 1. The fourth-order valence-electron chi connectivity index (χ4n) is 3.39. The van der Waals surface area contributed by atoms with Gasteiger partial charge in [0, 0.05) is 5.69 Å². The minimum Gasteiger partial charge on any atom is -0.493 e. The molecule has 0 aliphatic carbocycles. The van der Waals surface area contributed by atoms with E-state index in [1.54, 1.807) is 18.2 Å². The zero-order valence-electron chi connectivity index (χ0n) is 19.6. The van der Waals surface area contributed by atoms with Crippen LogP contribution in [-0.4, -0.2) is 42.5 Å². The van der Waals surface area contributed by atoms with E-state index in [0.29, 0.717) is 27.8 Å². The Kier molecular flexibility index (Phi) is 8.17. The Balaban J connectivity index is 1.76. The summed E-state index contributed by atoms with van der Waals surface area (Å²) >= 11 is 6.39.